The molecule has 0 aromatic heterocycles. The maximum absolute atomic E-state index is 4.85. The summed E-state index contributed by atoms with van der Waals surface area (Å²) >= 11 is 0. The molecule has 2 nitrogen and oxygen atoms in total. The molecule has 2 heteroatoms. The van der Waals surface area contributed by atoms with Crippen LogP contribution in [0.1, 0.15) is 26.7 Å². The zero-order valence-electron chi connectivity index (χ0n) is 7.19. The molecular weight excluding hydrogens is 124 g/mol. The molecule has 1 atom stereocenters. The van der Waals surface area contributed by atoms with Gasteiger partial charge in [0.05, 0.1) is 0 Å². The van der Waals surface area contributed by atoms with Crippen molar-refractivity contribution in [1.29, 1.82) is 0 Å². The summed E-state index contributed by atoms with van der Waals surface area (Å²) in [5.41, 5.74) is 4.85. The summed E-state index contributed by atoms with van der Waals surface area (Å²) in [5.74, 6) is 0.986. The molecular formula is C8H20N2. The Morgan fingerprint density at radius 2 is 2.10 bits per heavy atom. The van der Waals surface area contributed by atoms with Crippen LogP contribution in [0, 0.1) is 5.92 Å². The van der Waals surface area contributed by atoms with Gasteiger partial charge in [-0.2, -0.15) is 0 Å². The molecule has 0 aromatic carbocycles. The molecule has 1 saturated heterocycles. The van der Waals surface area contributed by atoms with Crippen LogP contribution in [0.25, 0.3) is 0 Å². The molecule has 0 aliphatic carbocycles. The lowest BCUT2D eigenvalue weighted by Crippen LogP contribution is -2.07. The third kappa shape index (κ3) is 4.77. The zero-order valence-corrected chi connectivity index (χ0v) is 7.19. The minimum atomic E-state index is 0.750. The molecule has 1 unspecified atom stereocenters. The molecule has 0 spiro atoms. The van der Waals surface area contributed by atoms with E-state index in [-0.39, 0.29) is 0 Å². The van der Waals surface area contributed by atoms with Crippen LogP contribution >= 0.6 is 0 Å². The molecule has 62 valence electrons. The van der Waals surface area contributed by atoms with Gasteiger partial charge < -0.3 is 11.1 Å². The minimum absolute atomic E-state index is 0.750. The highest BCUT2D eigenvalue weighted by Crippen LogP contribution is 2.09. The van der Waals surface area contributed by atoms with Gasteiger partial charge in [0, 0.05) is 0 Å². The van der Waals surface area contributed by atoms with E-state index in [0.29, 0.717) is 0 Å². The van der Waals surface area contributed by atoms with E-state index in [1.165, 1.54) is 25.9 Å². The van der Waals surface area contributed by atoms with Gasteiger partial charge in [-0.25, -0.2) is 0 Å². The Kier molecular flexibility index (Phi) is 6.98. The summed E-state index contributed by atoms with van der Waals surface area (Å²) < 4.78 is 0. The lowest BCUT2D eigenvalue weighted by Gasteiger charge is -1.98. The second-order valence-corrected chi connectivity index (χ2v) is 2.68. The Hall–Kier alpha value is -0.0800. The summed E-state index contributed by atoms with van der Waals surface area (Å²) in [6, 6.07) is 0. The fourth-order valence-corrected chi connectivity index (χ4v) is 1.06. The molecule has 0 aromatic rings. The monoisotopic (exact) mass is 144 g/mol. The summed E-state index contributed by atoms with van der Waals surface area (Å²) in [6.45, 7) is 7.42. The minimum Gasteiger partial charge on any atom is -0.331 e. The SMILES string of the molecule is CCC1CCNC1.CCN. The fraction of sp³-hybridized carbons (Fsp3) is 1.00. The van der Waals surface area contributed by atoms with Gasteiger partial charge in [0.1, 0.15) is 0 Å². The maximum atomic E-state index is 4.85. The molecule has 3 N–H and O–H groups in total. The first-order valence-corrected chi connectivity index (χ1v) is 4.25. The summed E-state index contributed by atoms with van der Waals surface area (Å²) in [6.07, 6.45) is 2.75. The predicted octanol–water partition coefficient (Wildman–Crippen LogP) is 0.971. The van der Waals surface area contributed by atoms with Gasteiger partial charge >= 0.3 is 0 Å². The number of nitrogens with one attached hydrogen (secondary N) is 1. The zero-order chi connectivity index (χ0) is 7.82. The average molecular weight is 144 g/mol. The van der Waals surface area contributed by atoms with Crippen molar-refractivity contribution < 1.29 is 0 Å². The average Bonchev–Trinajstić information content (AvgIpc) is 2.39. The van der Waals surface area contributed by atoms with Crippen molar-refractivity contribution in [2.75, 3.05) is 19.6 Å². The number of hydrogen-bond donors (Lipinski definition) is 2. The van der Waals surface area contributed by atoms with Crippen molar-refractivity contribution in [3.63, 3.8) is 0 Å². The Morgan fingerprint density at radius 1 is 1.50 bits per heavy atom. The molecule has 1 aliphatic rings. The normalized spacial score (nSPS) is 23.7. The van der Waals surface area contributed by atoms with Crippen LogP contribution in [0.15, 0.2) is 0 Å². The van der Waals surface area contributed by atoms with E-state index >= 15 is 0 Å². The highest BCUT2D eigenvalue weighted by atomic mass is 14.9. The number of rotatable bonds is 1. The molecule has 0 radical (unpaired) electrons. The molecule has 1 aliphatic heterocycles. The van der Waals surface area contributed by atoms with Crippen LogP contribution in [-0.4, -0.2) is 19.6 Å². The van der Waals surface area contributed by atoms with Crippen molar-refractivity contribution in [1.82, 2.24) is 5.32 Å². The smallest absolute Gasteiger partial charge is 0.00201 e. The Morgan fingerprint density at radius 3 is 2.30 bits per heavy atom. The predicted molar refractivity (Wildman–Crippen MR) is 46.0 cm³/mol. The first-order valence-electron chi connectivity index (χ1n) is 4.25. The second-order valence-electron chi connectivity index (χ2n) is 2.68. The molecule has 1 heterocycles. The van der Waals surface area contributed by atoms with Crippen LogP contribution in [0.3, 0.4) is 0 Å². The highest BCUT2D eigenvalue weighted by Gasteiger charge is 2.10. The van der Waals surface area contributed by atoms with Crippen molar-refractivity contribution in [3.05, 3.63) is 0 Å². The van der Waals surface area contributed by atoms with E-state index in [9.17, 15) is 0 Å². The highest BCUT2D eigenvalue weighted by molar-refractivity contribution is 4.68. The first-order chi connectivity index (χ1) is 4.85. The molecule has 10 heavy (non-hydrogen) atoms. The van der Waals surface area contributed by atoms with Crippen LogP contribution in [0.2, 0.25) is 0 Å². The number of hydrogen-bond acceptors (Lipinski definition) is 2. The lowest BCUT2D eigenvalue weighted by atomic mass is 10.1. The molecule has 0 amide bonds. The van der Waals surface area contributed by atoms with Crippen LogP contribution in [0.5, 0.6) is 0 Å². The summed E-state index contributed by atoms with van der Waals surface area (Å²) in [4.78, 5) is 0. The van der Waals surface area contributed by atoms with Gasteiger partial charge in [0.15, 0.2) is 0 Å². The largest absolute Gasteiger partial charge is 0.331 e. The topological polar surface area (TPSA) is 38.0 Å². The first kappa shape index (κ1) is 9.92. The van der Waals surface area contributed by atoms with Crippen LogP contribution < -0.4 is 11.1 Å². The van der Waals surface area contributed by atoms with E-state index in [2.05, 4.69) is 12.2 Å². The van der Waals surface area contributed by atoms with Gasteiger partial charge in [-0.3, -0.25) is 0 Å². The quantitative estimate of drug-likeness (QED) is 0.575. The second kappa shape index (κ2) is 7.03. The third-order valence-corrected chi connectivity index (χ3v) is 1.74. The number of nitrogens with two attached hydrogens (primary N) is 1. The third-order valence-electron chi connectivity index (χ3n) is 1.74. The van der Waals surface area contributed by atoms with Gasteiger partial charge in [0.2, 0.25) is 0 Å². The standard InChI is InChI=1S/C6H13N.C2H7N/c1-2-6-3-4-7-5-6;1-2-3/h6-7H,2-5H2,1H3;2-3H2,1H3. The Balaban J connectivity index is 0.000000236. The van der Waals surface area contributed by atoms with Gasteiger partial charge in [-0.15, -0.1) is 0 Å². The van der Waals surface area contributed by atoms with Gasteiger partial charge in [-0.05, 0) is 32.0 Å². The van der Waals surface area contributed by atoms with E-state index in [1.807, 2.05) is 6.92 Å². The van der Waals surface area contributed by atoms with Crippen molar-refractivity contribution in [2.24, 2.45) is 11.7 Å². The van der Waals surface area contributed by atoms with E-state index < -0.39 is 0 Å². The van der Waals surface area contributed by atoms with Crippen molar-refractivity contribution in [3.8, 4) is 0 Å². The van der Waals surface area contributed by atoms with Crippen LogP contribution in [0.4, 0.5) is 0 Å². The van der Waals surface area contributed by atoms with Gasteiger partial charge in [0.25, 0.3) is 0 Å². The molecule has 0 saturated carbocycles. The Labute approximate surface area is 64.2 Å². The van der Waals surface area contributed by atoms with E-state index in [4.69, 9.17) is 5.73 Å². The van der Waals surface area contributed by atoms with Gasteiger partial charge in [-0.1, -0.05) is 20.3 Å². The van der Waals surface area contributed by atoms with E-state index in [1.54, 1.807) is 0 Å². The lowest BCUT2D eigenvalue weighted by molar-refractivity contribution is 0.563. The van der Waals surface area contributed by atoms with Crippen molar-refractivity contribution in [2.45, 2.75) is 26.7 Å². The van der Waals surface area contributed by atoms with Crippen LogP contribution in [-0.2, 0) is 0 Å². The summed E-state index contributed by atoms with van der Waals surface area (Å²) in [5, 5.41) is 3.32. The summed E-state index contributed by atoms with van der Waals surface area (Å²) in [7, 11) is 0. The maximum Gasteiger partial charge on any atom is -0.00201 e. The van der Waals surface area contributed by atoms with E-state index in [0.717, 1.165) is 12.5 Å². The molecule has 1 fully saturated rings. The van der Waals surface area contributed by atoms with Crippen molar-refractivity contribution >= 4 is 0 Å². The molecule has 1 rings (SSSR count). The Bertz CT molecular complexity index is 58.3. The molecule has 0 bridgehead atoms. The fourth-order valence-electron chi connectivity index (χ4n) is 1.06.